The first-order valence-corrected chi connectivity index (χ1v) is 13.6. The summed E-state index contributed by atoms with van der Waals surface area (Å²) in [5.74, 6) is -0.700. The minimum atomic E-state index is -3.57. The third-order valence-corrected chi connectivity index (χ3v) is 9.61. The van der Waals surface area contributed by atoms with Crippen LogP contribution in [0, 0.1) is 5.92 Å². The lowest BCUT2D eigenvalue weighted by Crippen LogP contribution is -2.43. The van der Waals surface area contributed by atoms with Crippen LogP contribution in [0.1, 0.15) is 28.8 Å². The summed E-state index contributed by atoms with van der Waals surface area (Å²) in [5, 5.41) is 4.62. The highest BCUT2D eigenvalue weighted by Gasteiger charge is 2.34. The smallest absolute Gasteiger partial charge is 0.258 e. The van der Waals surface area contributed by atoms with E-state index in [2.05, 4.69) is 5.32 Å². The van der Waals surface area contributed by atoms with Gasteiger partial charge in [0.1, 0.15) is 4.21 Å². The highest BCUT2D eigenvalue weighted by molar-refractivity contribution is 7.91. The number of nitrogens with one attached hydrogen (secondary N) is 1. The zero-order valence-corrected chi connectivity index (χ0v) is 20.1. The first-order valence-electron chi connectivity index (χ1n) is 11.3. The Hall–Kier alpha value is -3.01. The number of fused-ring (bicyclic) bond motifs is 1. The molecule has 1 atom stereocenters. The molecule has 0 saturated carbocycles. The normalized spacial score (nSPS) is 18.5. The molecule has 5 rings (SSSR count). The molecular formula is C25H25N3O4S2. The van der Waals surface area contributed by atoms with Crippen LogP contribution in [0.3, 0.4) is 0 Å². The Morgan fingerprint density at radius 1 is 0.971 bits per heavy atom. The molecule has 2 aliphatic heterocycles. The Balaban J connectivity index is 1.23. The second kappa shape index (κ2) is 9.32. The fourth-order valence-electron chi connectivity index (χ4n) is 4.56. The fourth-order valence-corrected chi connectivity index (χ4v) is 7.23. The van der Waals surface area contributed by atoms with Crippen LogP contribution in [0.25, 0.3) is 0 Å². The number of sulfonamides is 1. The molecule has 2 aliphatic rings. The highest BCUT2D eigenvalue weighted by atomic mass is 32.2. The summed E-state index contributed by atoms with van der Waals surface area (Å²) < 4.78 is 27.4. The predicted octanol–water partition coefficient (Wildman–Crippen LogP) is 3.99. The van der Waals surface area contributed by atoms with E-state index in [0.717, 1.165) is 12.1 Å². The Bertz CT molecular complexity index is 1300. The van der Waals surface area contributed by atoms with E-state index in [1.165, 1.54) is 21.2 Å². The Morgan fingerprint density at radius 3 is 2.53 bits per heavy atom. The van der Waals surface area contributed by atoms with Gasteiger partial charge in [-0.05, 0) is 66.6 Å². The van der Waals surface area contributed by atoms with Gasteiger partial charge in [0.05, 0.1) is 5.92 Å². The van der Waals surface area contributed by atoms with Crippen molar-refractivity contribution in [2.75, 3.05) is 29.9 Å². The van der Waals surface area contributed by atoms with Crippen molar-refractivity contribution >= 4 is 44.5 Å². The molecule has 0 aliphatic carbocycles. The van der Waals surface area contributed by atoms with Gasteiger partial charge in [-0.3, -0.25) is 9.59 Å². The van der Waals surface area contributed by atoms with Crippen molar-refractivity contribution in [3.8, 4) is 0 Å². The predicted molar refractivity (Wildman–Crippen MR) is 133 cm³/mol. The van der Waals surface area contributed by atoms with Gasteiger partial charge in [-0.25, -0.2) is 8.42 Å². The molecule has 1 fully saturated rings. The van der Waals surface area contributed by atoms with Gasteiger partial charge in [0.25, 0.3) is 15.9 Å². The lowest BCUT2D eigenvalue weighted by atomic mass is 9.98. The van der Waals surface area contributed by atoms with Crippen molar-refractivity contribution in [1.29, 1.82) is 0 Å². The monoisotopic (exact) mass is 495 g/mol. The molecule has 1 N–H and O–H groups in total. The first-order chi connectivity index (χ1) is 16.4. The number of carbonyl (C=O) groups is 2. The van der Waals surface area contributed by atoms with Crippen molar-refractivity contribution in [3.63, 3.8) is 0 Å². The van der Waals surface area contributed by atoms with Crippen molar-refractivity contribution in [2.24, 2.45) is 5.92 Å². The third-order valence-electron chi connectivity index (χ3n) is 6.38. The maximum Gasteiger partial charge on any atom is 0.258 e. The molecule has 3 heterocycles. The molecule has 1 unspecified atom stereocenters. The molecule has 1 aromatic heterocycles. The minimum Gasteiger partial charge on any atom is -0.326 e. The third kappa shape index (κ3) is 4.38. The van der Waals surface area contributed by atoms with Crippen LogP contribution in [0.15, 0.2) is 70.3 Å². The quantitative estimate of drug-likeness (QED) is 0.580. The van der Waals surface area contributed by atoms with Crippen LogP contribution in [0.4, 0.5) is 11.4 Å². The molecule has 7 nitrogen and oxygen atoms in total. The van der Waals surface area contributed by atoms with Gasteiger partial charge < -0.3 is 10.2 Å². The molecule has 34 heavy (non-hydrogen) atoms. The Labute approximate surface area is 203 Å². The summed E-state index contributed by atoms with van der Waals surface area (Å²) in [6.45, 7) is 1.24. The maximum atomic E-state index is 13.0. The number of hydrogen-bond acceptors (Lipinski definition) is 5. The second-order valence-electron chi connectivity index (χ2n) is 8.54. The first kappa shape index (κ1) is 22.8. The van der Waals surface area contributed by atoms with E-state index in [1.54, 1.807) is 46.7 Å². The summed E-state index contributed by atoms with van der Waals surface area (Å²) in [5.41, 5.74) is 3.26. The second-order valence-corrected chi connectivity index (χ2v) is 11.6. The number of rotatable bonds is 5. The average Bonchev–Trinajstić information content (AvgIpc) is 3.55. The number of benzene rings is 2. The summed E-state index contributed by atoms with van der Waals surface area (Å²) in [6, 6.07) is 18.1. The fraction of sp³-hybridized carbons (Fsp3) is 0.280. The van der Waals surface area contributed by atoms with E-state index in [4.69, 9.17) is 0 Å². The summed E-state index contributed by atoms with van der Waals surface area (Å²) >= 11 is 1.18. The van der Waals surface area contributed by atoms with Crippen molar-refractivity contribution in [2.45, 2.75) is 23.5 Å². The van der Waals surface area contributed by atoms with E-state index in [0.29, 0.717) is 41.4 Å². The number of anilines is 2. The molecule has 2 amide bonds. The molecular weight excluding hydrogens is 470 g/mol. The van der Waals surface area contributed by atoms with Gasteiger partial charge in [-0.1, -0.05) is 24.3 Å². The summed E-state index contributed by atoms with van der Waals surface area (Å²) in [4.78, 5) is 27.7. The lowest BCUT2D eigenvalue weighted by Gasteiger charge is -2.30. The largest absolute Gasteiger partial charge is 0.326 e. The standard InChI is InChI=1S/C25H25N3O4S2/c29-24(20-6-3-14-27(17-20)34(31,32)23-8-4-16-33-23)26-21-11-9-19(10-12-21)25(30)28-15-13-18-5-1-2-7-22(18)28/h1-2,4-5,7-12,16,20H,3,6,13-15,17H2,(H,26,29). The molecule has 3 aromatic rings. The van der Waals surface area contributed by atoms with Gasteiger partial charge in [0, 0.05) is 36.6 Å². The number of thiophene rings is 1. The maximum absolute atomic E-state index is 13.0. The van der Waals surface area contributed by atoms with Crippen LogP contribution < -0.4 is 10.2 Å². The Morgan fingerprint density at radius 2 is 1.76 bits per heavy atom. The molecule has 1 saturated heterocycles. The van der Waals surface area contributed by atoms with Crippen molar-refractivity contribution < 1.29 is 18.0 Å². The highest BCUT2D eigenvalue weighted by Crippen LogP contribution is 2.30. The Kier molecular flexibility index (Phi) is 6.24. The van der Waals surface area contributed by atoms with Crippen LogP contribution in [-0.2, 0) is 21.2 Å². The molecule has 0 spiro atoms. The van der Waals surface area contributed by atoms with Gasteiger partial charge in [0.15, 0.2) is 0 Å². The zero-order chi connectivity index (χ0) is 23.7. The number of para-hydroxylation sites is 1. The number of nitrogens with zero attached hydrogens (tertiary/aromatic N) is 2. The lowest BCUT2D eigenvalue weighted by molar-refractivity contribution is -0.120. The van der Waals surface area contributed by atoms with Gasteiger partial charge >= 0.3 is 0 Å². The van der Waals surface area contributed by atoms with E-state index < -0.39 is 15.9 Å². The number of hydrogen-bond donors (Lipinski definition) is 1. The molecule has 176 valence electrons. The average molecular weight is 496 g/mol. The topological polar surface area (TPSA) is 86.8 Å². The van der Waals surface area contributed by atoms with E-state index >= 15 is 0 Å². The number of carbonyl (C=O) groups excluding carboxylic acids is 2. The van der Waals surface area contributed by atoms with Crippen LogP contribution in [0.2, 0.25) is 0 Å². The van der Waals surface area contributed by atoms with Gasteiger partial charge in [-0.15, -0.1) is 11.3 Å². The molecule has 2 aromatic carbocycles. The van der Waals surface area contributed by atoms with Crippen molar-refractivity contribution in [3.05, 3.63) is 77.2 Å². The van der Waals surface area contributed by atoms with E-state index in [-0.39, 0.29) is 18.4 Å². The van der Waals surface area contributed by atoms with Gasteiger partial charge in [-0.2, -0.15) is 4.31 Å². The van der Waals surface area contributed by atoms with Crippen molar-refractivity contribution in [1.82, 2.24) is 4.31 Å². The van der Waals surface area contributed by atoms with E-state index in [9.17, 15) is 18.0 Å². The minimum absolute atomic E-state index is 0.0652. The number of piperidine rings is 1. The molecule has 0 radical (unpaired) electrons. The van der Waals surface area contributed by atoms with Crippen LogP contribution >= 0.6 is 11.3 Å². The van der Waals surface area contributed by atoms with Gasteiger partial charge in [0.2, 0.25) is 5.91 Å². The van der Waals surface area contributed by atoms with Crippen LogP contribution in [-0.4, -0.2) is 44.2 Å². The molecule has 9 heteroatoms. The summed E-state index contributed by atoms with van der Waals surface area (Å²) in [7, 11) is -3.57. The van der Waals surface area contributed by atoms with E-state index in [1.807, 2.05) is 24.3 Å². The summed E-state index contributed by atoms with van der Waals surface area (Å²) in [6.07, 6.45) is 2.11. The van der Waals surface area contributed by atoms with Crippen LogP contribution in [0.5, 0.6) is 0 Å². The zero-order valence-electron chi connectivity index (χ0n) is 18.5. The molecule has 0 bridgehead atoms. The number of amides is 2. The SMILES string of the molecule is O=C(Nc1ccc(C(=O)N2CCc3ccccc32)cc1)C1CCCN(S(=O)(=O)c2cccs2)C1.